The highest BCUT2D eigenvalue weighted by molar-refractivity contribution is 5.99. The van der Waals surface area contributed by atoms with E-state index in [0.29, 0.717) is 5.69 Å². The van der Waals surface area contributed by atoms with Gasteiger partial charge in [-0.05, 0) is 67.1 Å². The van der Waals surface area contributed by atoms with Crippen molar-refractivity contribution in [1.82, 2.24) is 4.57 Å². The van der Waals surface area contributed by atoms with E-state index in [0.717, 1.165) is 16.6 Å². The summed E-state index contributed by atoms with van der Waals surface area (Å²) in [4.78, 5) is 3.63. The molecule has 2 heteroatoms. The number of hydrogen-bond acceptors (Lipinski definition) is 0. The van der Waals surface area contributed by atoms with Gasteiger partial charge in [0.2, 0.25) is 0 Å². The van der Waals surface area contributed by atoms with Crippen molar-refractivity contribution in [3.05, 3.63) is 95.0 Å². The van der Waals surface area contributed by atoms with Crippen molar-refractivity contribution in [2.45, 2.75) is 20.8 Å². The fraction of sp³-hybridized carbons (Fsp3) is 0.125. The number of aryl methyl sites for hydroxylation is 2. The number of aromatic nitrogens is 1. The van der Waals surface area contributed by atoms with E-state index in [4.69, 9.17) is 6.57 Å². The molecule has 0 aliphatic carbocycles. The van der Waals surface area contributed by atoms with Crippen LogP contribution in [-0.4, -0.2) is 4.57 Å². The first kappa shape index (κ1) is 16.2. The predicted octanol–water partition coefficient (Wildman–Crippen LogP) is 6.77. The highest BCUT2D eigenvalue weighted by Gasteiger charge is 2.14. The van der Waals surface area contributed by atoms with Gasteiger partial charge in [-0.25, -0.2) is 4.85 Å². The van der Waals surface area contributed by atoms with Gasteiger partial charge in [-0.1, -0.05) is 42.0 Å². The van der Waals surface area contributed by atoms with Crippen LogP contribution in [0.15, 0.2) is 66.9 Å². The third kappa shape index (κ3) is 2.59. The molecule has 1 aromatic heterocycles. The van der Waals surface area contributed by atoms with Gasteiger partial charge < -0.3 is 4.57 Å². The van der Waals surface area contributed by atoms with E-state index in [2.05, 4.69) is 84.9 Å². The van der Waals surface area contributed by atoms with Crippen LogP contribution in [0.2, 0.25) is 0 Å². The monoisotopic (exact) mass is 336 g/mol. The van der Waals surface area contributed by atoms with Crippen LogP contribution in [0.5, 0.6) is 0 Å². The average Bonchev–Trinajstić information content (AvgIpc) is 3.03. The summed E-state index contributed by atoms with van der Waals surface area (Å²) in [6.45, 7) is 13.8. The Bertz CT molecular complexity index is 1160. The number of hydrogen-bond donors (Lipinski definition) is 0. The molecule has 0 unspecified atom stereocenters. The molecular weight excluding hydrogens is 316 g/mol. The Morgan fingerprint density at radius 1 is 0.846 bits per heavy atom. The van der Waals surface area contributed by atoms with Crippen molar-refractivity contribution in [3.63, 3.8) is 0 Å². The normalized spacial score (nSPS) is 10.8. The summed E-state index contributed by atoms with van der Waals surface area (Å²) in [5.74, 6) is 0. The molecule has 0 aliphatic heterocycles. The van der Waals surface area contributed by atoms with Gasteiger partial charge in [0.15, 0.2) is 5.69 Å². The summed E-state index contributed by atoms with van der Waals surface area (Å²) in [6, 6.07) is 20.9. The van der Waals surface area contributed by atoms with Crippen LogP contribution in [0, 0.1) is 27.3 Å². The maximum Gasteiger partial charge on any atom is 0.188 e. The van der Waals surface area contributed by atoms with Crippen LogP contribution in [0.1, 0.15) is 16.7 Å². The third-order valence-electron chi connectivity index (χ3n) is 5.12. The van der Waals surface area contributed by atoms with Crippen LogP contribution < -0.4 is 0 Å². The number of nitrogens with zero attached hydrogens (tertiary/aromatic N) is 2. The molecule has 126 valence electrons. The van der Waals surface area contributed by atoms with Gasteiger partial charge >= 0.3 is 0 Å². The second kappa shape index (κ2) is 6.20. The van der Waals surface area contributed by atoms with Gasteiger partial charge in [-0.15, -0.1) is 0 Å². The Balaban J connectivity index is 2.05. The molecule has 0 fully saturated rings. The Kier molecular flexibility index (Phi) is 3.86. The minimum absolute atomic E-state index is 0.672. The highest BCUT2D eigenvalue weighted by Crippen LogP contribution is 2.37. The van der Waals surface area contributed by atoms with Gasteiger partial charge in [-0.2, -0.15) is 0 Å². The fourth-order valence-electron chi connectivity index (χ4n) is 3.46. The Labute approximate surface area is 154 Å². The van der Waals surface area contributed by atoms with Gasteiger partial charge in [-0.3, -0.25) is 0 Å². The summed E-state index contributed by atoms with van der Waals surface area (Å²) in [5.41, 5.74) is 9.13. The number of rotatable bonds is 2. The lowest BCUT2D eigenvalue weighted by Gasteiger charge is -2.07. The molecule has 0 atom stereocenters. The quantitative estimate of drug-likeness (QED) is 0.357. The van der Waals surface area contributed by atoms with Crippen molar-refractivity contribution >= 4 is 16.6 Å². The number of fused-ring (bicyclic) bond motifs is 1. The summed E-state index contributed by atoms with van der Waals surface area (Å²) in [7, 11) is 0. The molecule has 0 saturated carbocycles. The molecular formula is C24H20N2. The van der Waals surface area contributed by atoms with Crippen molar-refractivity contribution in [2.75, 3.05) is 0 Å². The van der Waals surface area contributed by atoms with E-state index in [1.807, 2.05) is 12.1 Å². The zero-order valence-corrected chi connectivity index (χ0v) is 15.2. The zero-order valence-electron chi connectivity index (χ0n) is 15.2. The van der Waals surface area contributed by atoms with Gasteiger partial charge in [0.25, 0.3) is 0 Å². The molecule has 0 saturated heterocycles. The Morgan fingerprint density at radius 2 is 1.62 bits per heavy atom. The molecule has 2 nitrogen and oxygen atoms in total. The predicted molar refractivity (Wildman–Crippen MR) is 109 cm³/mol. The molecule has 26 heavy (non-hydrogen) atoms. The molecule has 0 aliphatic rings. The molecule has 4 aromatic rings. The lowest BCUT2D eigenvalue weighted by molar-refractivity contribution is 1.12. The molecule has 3 aromatic carbocycles. The topological polar surface area (TPSA) is 9.29 Å². The van der Waals surface area contributed by atoms with E-state index in [1.165, 1.54) is 27.8 Å². The van der Waals surface area contributed by atoms with E-state index in [9.17, 15) is 0 Å². The van der Waals surface area contributed by atoms with Gasteiger partial charge in [0.05, 0.1) is 12.1 Å². The molecule has 0 spiro atoms. The second-order valence-corrected chi connectivity index (χ2v) is 6.81. The lowest BCUT2D eigenvalue weighted by atomic mass is 9.97. The lowest BCUT2D eigenvalue weighted by Crippen LogP contribution is -1.91. The molecule has 0 amide bonds. The first-order valence-electron chi connectivity index (χ1n) is 8.74. The molecule has 0 bridgehead atoms. The van der Waals surface area contributed by atoms with Crippen molar-refractivity contribution in [3.8, 4) is 16.8 Å². The van der Waals surface area contributed by atoms with Crippen molar-refractivity contribution in [2.24, 2.45) is 0 Å². The molecule has 4 rings (SSSR count). The summed E-state index contributed by atoms with van der Waals surface area (Å²) >= 11 is 0. The Morgan fingerprint density at radius 3 is 2.35 bits per heavy atom. The van der Waals surface area contributed by atoms with Crippen LogP contribution >= 0.6 is 0 Å². The van der Waals surface area contributed by atoms with Gasteiger partial charge in [0, 0.05) is 17.4 Å². The smallest absolute Gasteiger partial charge is 0.188 e. The number of benzene rings is 3. The average molecular weight is 336 g/mol. The molecule has 1 heterocycles. The van der Waals surface area contributed by atoms with E-state index in [-0.39, 0.29) is 0 Å². The maximum absolute atomic E-state index is 7.38. The Hall–Kier alpha value is -3.31. The van der Waals surface area contributed by atoms with E-state index < -0.39 is 0 Å². The summed E-state index contributed by atoms with van der Waals surface area (Å²) < 4.78 is 2.22. The SMILES string of the molecule is [C-]#[N+]c1ccc2c(c1)c(-c1cccc(C)c1C)cn2-c1ccc(C)cc1. The fourth-order valence-corrected chi connectivity index (χ4v) is 3.46. The summed E-state index contributed by atoms with van der Waals surface area (Å²) in [5, 5.41) is 1.12. The highest BCUT2D eigenvalue weighted by atomic mass is 15.0. The third-order valence-corrected chi connectivity index (χ3v) is 5.12. The maximum atomic E-state index is 7.38. The van der Waals surface area contributed by atoms with Crippen LogP contribution in [0.25, 0.3) is 32.6 Å². The van der Waals surface area contributed by atoms with Crippen LogP contribution in [0.4, 0.5) is 5.69 Å². The van der Waals surface area contributed by atoms with Crippen molar-refractivity contribution < 1.29 is 0 Å². The summed E-state index contributed by atoms with van der Waals surface area (Å²) in [6.07, 6.45) is 2.20. The minimum atomic E-state index is 0.672. The molecule has 0 N–H and O–H groups in total. The van der Waals surface area contributed by atoms with Crippen LogP contribution in [0.3, 0.4) is 0 Å². The minimum Gasteiger partial charge on any atom is -0.316 e. The zero-order chi connectivity index (χ0) is 18.3. The first-order valence-corrected chi connectivity index (χ1v) is 8.74. The van der Waals surface area contributed by atoms with Gasteiger partial charge in [0.1, 0.15) is 0 Å². The van der Waals surface area contributed by atoms with Crippen LogP contribution in [-0.2, 0) is 0 Å². The van der Waals surface area contributed by atoms with Crippen molar-refractivity contribution in [1.29, 1.82) is 0 Å². The largest absolute Gasteiger partial charge is 0.316 e. The first-order chi connectivity index (χ1) is 12.6. The van der Waals surface area contributed by atoms with E-state index in [1.54, 1.807) is 0 Å². The van der Waals surface area contributed by atoms with E-state index >= 15 is 0 Å². The standard InChI is InChI=1S/C24H20N2/c1-16-8-11-20(12-9-16)26-15-23(21-7-5-6-17(2)18(21)3)22-14-19(25-4)10-13-24(22)26/h5-15H,1-3H3. The second-order valence-electron chi connectivity index (χ2n) is 6.81. The molecule has 0 radical (unpaired) electrons.